The minimum atomic E-state index is 0.544. The van der Waals surface area contributed by atoms with E-state index in [0.717, 1.165) is 5.82 Å². The molecule has 4 heteroatoms. The van der Waals surface area contributed by atoms with Gasteiger partial charge in [0.2, 0.25) is 0 Å². The Labute approximate surface area is 53.1 Å². The van der Waals surface area contributed by atoms with Crippen LogP contribution in [-0.2, 0) is 19.7 Å². The lowest BCUT2D eigenvalue weighted by Crippen LogP contribution is -1.92. The molecule has 0 saturated heterocycles. The van der Waals surface area contributed by atoms with Crippen LogP contribution < -0.4 is 0 Å². The second-order valence-electron chi connectivity index (χ2n) is 1.59. The largest absolute Gasteiger partial charge is 0.740 e. The van der Waals surface area contributed by atoms with Gasteiger partial charge in [-0.25, -0.2) is 0 Å². The van der Waals surface area contributed by atoms with Crippen molar-refractivity contribution in [2.24, 2.45) is 7.05 Å². The number of hydrogen-bond acceptors (Lipinski definition) is 3. The second-order valence-corrected chi connectivity index (χ2v) is 1.95. The summed E-state index contributed by atoms with van der Waals surface area (Å²) in [6.45, 7) is 1.86. The minimum absolute atomic E-state index is 0.544. The van der Waals surface area contributed by atoms with Gasteiger partial charge in [0, 0.05) is 12.2 Å². The molecule has 0 unspecified atom stereocenters. The van der Waals surface area contributed by atoms with Crippen molar-refractivity contribution < 1.29 is 0 Å². The molecule has 1 rings (SSSR count). The molecule has 0 bridgehead atoms. The van der Waals surface area contributed by atoms with Gasteiger partial charge >= 0.3 is 0 Å². The van der Waals surface area contributed by atoms with Crippen molar-refractivity contribution in [3.05, 3.63) is 5.82 Å². The Morgan fingerprint density at radius 1 is 1.50 bits per heavy atom. The zero-order chi connectivity index (χ0) is 6.15. The summed E-state index contributed by atoms with van der Waals surface area (Å²) in [4.78, 5) is 0. The monoisotopic (exact) mass is 128 g/mol. The van der Waals surface area contributed by atoms with Crippen molar-refractivity contribution in [3.8, 4) is 0 Å². The normalized spacial score (nSPS) is 9.75. The van der Waals surface area contributed by atoms with E-state index in [0.29, 0.717) is 5.16 Å². The molecule has 0 saturated carbocycles. The third-order valence-electron chi connectivity index (χ3n) is 1.05. The molecule has 0 amide bonds. The van der Waals surface area contributed by atoms with Crippen molar-refractivity contribution in [2.75, 3.05) is 0 Å². The van der Waals surface area contributed by atoms with Crippen LogP contribution in [0.4, 0.5) is 0 Å². The molecule has 44 valence electrons. The van der Waals surface area contributed by atoms with Gasteiger partial charge in [-0.15, -0.1) is 5.10 Å². The molecule has 1 heterocycles. The third kappa shape index (κ3) is 0.667. The fraction of sp³-hybridized carbons (Fsp3) is 0.500. The first kappa shape index (κ1) is 5.50. The number of aryl methyl sites for hydroxylation is 1. The Kier molecular flexibility index (Phi) is 1.17. The molecule has 0 radical (unpaired) electrons. The zero-order valence-corrected chi connectivity index (χ0v) is 5.57. The van der Waals surface area contributed by atoms with Crippen molar-refractivity contribution in [2.45, 2.75) is 12.1 Å². The number of rotatable bonds is 0. The van der Waals surface area contributed by atoms with Gasteiger partial charge in [0.25, 0.3) is 0 Å². The molecule has 0 aliphatic heterocycles. The quantitative estimate of drug-likeness (QED) is 0.462. The molecule has 0 N–H and O–H groups in total. The highest BCUT2D eigenvalue weighted by atomic mass is 32.1. The van der Waals surface area contributed by atoms with Crippen LogP contribution in [-0.4, -0.2) is 14.8 Å². The van der Waals surface area contributed by atoms with E-state index in [9.17, 15) is 0 Å². The van der Waals surface area contributed by atoms with Gasteiger partial charge in [-0.3, -0.25) is 0 Å². The van der Waals surface area contributed by atoms with E-state index in [-0.39, 0.29) is 0 Å². The predicted octanol–water partition coefficient (Wildman–Crippen LogP) is 0.0293. The van der Waals surface area contributed by atoms with Crippen LogP contribution in [0, 0.1) is 6.92 Å². The highest BCUT2D eigenvalue weighted by Crippen LogP contribution is 1.92. The Hall–Kier alpha value is -0.640. The Bertz CT molecular complexity index is 174. The van der Waals surface area contributed by atoms with Gasteiger partial charge in [-0.05, 0) is 6.92 Å². The summed E-state index contributed by atoms with van der Waals surface area (Å²) in [6.07, 6.45) is 0. The summed E-state index contributed by atoms with van der Waals surface area (Å²) in [5, 5.41) is 7.91. The minimum Gasteiger partial charge on any atom is -0.740 e. The average molecular weight is 128 g/mol. The molecular weight excluding hydrogens is 122 g/mol. The van der Waals surface area contributed by atoms with E-state index >= 15 is 0 Å². The highest BCUT2D eigenvalue weighted by Gasteiger charge is 1.89. The second kappa shape index (κ2) is 1.70. The molecule has 3 nitrogen and oxygen atoms in total. The van der Waals surface area contributed by atoms with Crippen LogP contribution in [0.3, 0.4) is 0 Å². The Morgan fingerprint density at radius 3 is 2.25 bits per heavy atom. The first-order chi connectivity index (χ1) is 3.72. The van der Waals surface area contributed by atoms with E-state index in [1.165, 1.54) is 0 Å². The van der Waals surface area contributed by atoms with Gasteiger partial charge in [0.15, 0.2) is 0 Å². The lowest BCUT2D eigenvalue weighted by Gasteiger charge is -2.01. The predicted molar refractivity (Wildman–Crippen MR) is 31.4 cm³/mol. The molecule has 0 aliphatic rings. The molecular formula is C4H6N3S-. The van der Waals surface area contributed by atoms with Crippen LogP contribution >= 0.6 is 0 Å². The standard InChI is InChI=1S/C4H7N3S/c1-3-5-6-4(8)7(3)2/h1-2H3,(H,6,8)/p-1. The first-order valence-electron chi connectivity index (χ1n) is 2.25. The van der Waals surface area contributed by atoms with Crippen LogP contribution in [0.5, 0.6) is 0 Å². The van der Waals surface area contributed by atoms with Gasteiger partial charge < -0.3 is 17.2 Å². The topological polar surface area (TPSA) is 30.7 Å². The van der Waals surface area contributed by atoms with E-state index in [2.05, 4.69) is 10.2 Å². The maximum absolute atomic E-state index is 4.76. The van der Waals surface area contributed by atoms with Gasteiger partial charge in [0.05, 0.1) is 0 Å². The zero-order valence-electron chi connectivity index (χ0n) is 4.75. The summed E-state index contributed by atoms with van der Waals surface area (Å²) in [6, 6.07) is 0. The summed E-state index contributed by atoms with van der Waals surface area (Å²) >= 11 is 4.76. The Balaban J connectivity index is 3.19. The molecule has 0 aromatic carbocycles. The maximum Gasteiger partial charge on any atom is 0.128 e. The van der Waals surface area contributed by atoms with Crippen LogP contribution in [0.2, 0.25) is 0 Å². The molecule has 0 fully saturated rings. The molecule has 0 atom stereocenters. The fourth-order valence-corrected chi connectivity index (χ4v) is 0.561. The number of hydrogen-bond donors (Lipinski definition) is 0. The molecule has 8 heavy (non-hydrogen) atoms. The molecule has 0 aliphatic carbocycles. The summed E-state index contributed by atoms with van der Waals surface area (Å²) in [5.41, 5.74) is 0. The fourth-order valence-electron chi connectivity index (χ4n) is 0.388. The molecule has 0 spiro atoms. The maximum atomic E-state index is 4.76. The smallest absolute Gasteiger partial charge is 0.128 e. The third-order valence-corrected chi connectivity index (χ3v) is 1.41. The van der Waals surface area contributed by atoms with Gasteiger partial charge in [-0.2, -0.15) is 5.10 Å². The molecule has 1 aromatic rings. The lowest BCUT2D eigenvalue weighted by atomic mass is 10.7. The SMILES string of the molecule is Cc1nnc([S-])n1C. The van der Waals surface area contributed by atoms with Crippen LogP contribution in [0.1, 0.15) is 5.82 Å². The van der Waals surface area contributed by atoms with E-state index in [4.69, 9.17) is 12.6 Å². The van der Waals surface area contributed by atoms with Crippen LogP contribution in [0.25, 0.3) is 0 Å². The van der Waals surface area contributed by atoms with Crippen molar-refractivity contribution in [3.63, 3.8) is 0 Å². The van der Waals surface area contributed by atoms with Crippen molar-refractivity contribution in [1.82, 2.24) is 14.8 Å². The summed E-state index contributed by atoms with van der Waals surface area (Å²) in [7, 11) is 1.84. The van der Waals surface area contributed by atoms with E-state index in [1.807, 2.05) is 14.0 Å². The first-order valence-corrected chi connectivity index (χ1v) is 2.65. The number of nitrogens with zero attached hydrogens (tertiary/aromatic N) is 3. The highest BCUT2D eigenvalue weighted by molar-refractivity contribution is 7.58. The van der Waals surface area contributed by atoms with Gasteiger partial charge in [0.1, 0.15) is 5.82 Å². The summed E-state index contributed by atoms with van der Waals surface area (Å²) < 4.78 is 1.76. The van der Waals surface area contributed by atoms with Crippen LogP contribution in [0.15, 0.2) is 5.16 Å². The van der Waals surface area contributed by atoms with E-state index in [1.54, 1.807) is 4.57 Å². The molecule has 1 aromatic heterocycles. The summed E-state index contributed by atoms with van der Waals surface area (Å²) in [5.74, 6) is 0.856. The van der Waals surface area contributed by atoms with E-state index < -0.39 is 0 Å². The average Bonchev–Trinajstić information content (AvgIpc) is 1.98. The Morgan fingerprint density at radius 2 is 2.12 bits per heavy atom. The lowest BCUT2D eigenvalue weighted by molar-refractivity contribution is 0.768. The number of aromatic nitrogens is 3. The van der Waals surface area contributed by atoms with Crippen molar-refractivity contribution >= 4 is 12.6 Å². The van der Waals surface area contributed by atoms with Gasteiger partial charge in [-0.1, -0.05) is 0 Å². The van der Waals surface area contributed by atoms with Crippen molar-refractivity contribution in [1.29, 1.82) is 0 Å².